The van der Waals surface area contributed by atoms with E-state index in [-0.39, 0.29) is 0 Å². The molecule has 1 aliphatic heterocycles. The number of anilines is 1. The highest BCUT2D eigenvalue weighted by atomic mass is 35.5. The highest BCUT2D eigenvalue weighted by Crippen LogP contribution is 2.41. The Balaban J connectivity index is 2.45. The van der Waals surface area contributed by atoms with Gasteiger partial charge < -0.3 is 10.0 Å². The van der Waals surface area contributed by atoms with Gasteiger partial charge in [0.15, 0.2) is 0 Å². The molecule has 0 aromatic heterocycles. The Morgan fingerprint density at radius 2 is 2.35 bits per heavy atom. The number of hydrogen-bond acceptors (Lipinski definition) is 3. The van der Waals surface area contributed by atoms with E-state index in [1.54, 1.807) is 18.2 Å². The van der Waals surface area contributed by atoms with Gasteiger partial charge in [-0.05, 0) is 37.5 Å². The van der Waals surface area contributed by atoms with Gasteiger partial charge in [-0.1, -0.05) is 24.9 Å². The maximum atomic E-state index is 11.8. The van der Waals surface area contributed by atoms with E-state index >= 15 is 0 Å². The van der Waals surface area contributed by atoms with E-state index in [9.17, 15) is 9.90 Å². The Kier molecular flexibility index (Phi) is 4.20. The number of hydrogen-bond donors (Lipinski definition) is 1. The number of aliphatic carboxylic acids is 1. The summed E-state index contributed by atoms with van der Waals surface area (Å²) in [4.78, 5) is 13.7. The van der Waals surface area contributed by atoms with E-state index in [0.717, 1.165) is 12.8 Å². The number of nitriles is 1. The van der Waals surface area contributed by atoms with Crippen molar-refractivity contribution in [1.29, 1.82) is 5.26 Å². The van der Waals surface area contributed by atoms with Crippen LogP contribution in [-0.2, 0) is 4.79 Å². The lowest BCUT2D eigenvalue weighted by Gasteiger charge is -2.37. The highest BCUT2D eigenvalue weighted by Gasteiger charge is 2.47. The monoisotopic (exact) mass is 292 g/mol. The number of benzene rings is 1. The van der Waals surface area contributed by atoms with Gasteiger partial charge in [0, 0.05) is 6.54 Å². The Labute approximate surface area is 123 Å². The molecule has 1 aliphatic rings. The molecule has 0 spiro atoms. The summed E-state index contributed by atoms with van der Waals surface area (Å²) in [7, 11) is 0. The smallest absolute Gasteiger partial charge is 0.329 e. The first-order chi connectivity index (χ1) is 9.55. The van der Waals surface area contributed by atoms with Crippen molar-refractivity contribution in [3.8, 4) is 6.07 Å². The standard InChI is InChI=1S/C15H17ClN2O2/c1-2-6-15(14(19)20)7-3-8-18(15)13-5-4-11(10-17)9-12(13)16/h4-5,9H,2-3,6-8H2,1H3,(H,19,20). The summed E-state index contributed by atoms with van der Waals surface area (Å²) >= 11 is 6.23. The summed E-state index contributed by atoms with van der Waals surface area (Å²) in [6, 6.07) is 7.05. The van der Waals surface area contributed by atoms with Gasteiger partial charge in [-0.2, -0.15) is 5.26 Å². The third-order valence-electron chi connectivity index (χ3n) is 3.92. The molecule has 106 valence electrons. The third-order valence-corrected chi connectivity index (χ3v) is 4.22. The highest BCUT2D eigenvalue weighted by molar-refractivity contribution is 6.33. The number of carboxylic acids is 1. The van der Waals surface area contributed by atoms with Crippen LogP contribution in [0.1, 0.15) is 38.2 Å². The normalized spacial score (nSPS) is 21.8. The molecule has 1 aromatic rings. The molecule has 5 heteroatoms. The molecule has 0 aliphatic carbocycles. The SMILES string of the molecule is CCCC1(C(=O)O)CCCN1c1ccc(C#N)cc1Cl. The first-order valence-electron chi connectivity index (χ1n) is 6.76. The third kappa shape index (κ3) is 2.34. The molecule has 0 saturated carbocycles. The lowest BCUT2D eigenvalue weighted by molar-refractivity contribution is -0.143. The van der Waals surface area contributed by atoms with E-state index in [1.165, 1.54) is 0 Å². The zero-order valence-corrected chi connectivity index (χ0v) is 12.2. The number of carbonyl (C=O) groups is 1. The molecule has 1 heterocycles. The van der Waals surface area contributed by atoms with E-state index in [0.29, 0.717) is 35.7 Å². The zero-order valence-electron chi connectivity index (χ0n) is 11.4. The molecule has 1 aromatic carbocycles. The minimum Gasteiger partial charge on any atom is -0.479 e. The fourth-order valence-electron chi connectivity index (χ4n) is 3.03. The Hall–Kier alpha value is -1.73. The lowest BCUT2D eigenvalue weighted by Crippen LogP contribution is -2.50. The second-order valence-electron chi connectivity index (χ2n) is 5.12. The van der Waals surface area contributed by atoms with Crippen LogP contribution in [-0.4, -0.2) is 23.2 Å². The number of nitrogens with zero attached hydrogens (tertiary/aromatic N) is 2. The largest absolute Gasteiger partial charge is 0.479 e. The van der Waals surface area contributed by atoms with Crippen molar-refractivity contribution < 1.29 is 9.90 Å². The van der Waals surface area contributed by atoms with Gasteiger partial charge >= 0.3 is 5.97 Å². The molecular weight excluding hydrogens is 276 g/mol. The second kappa shape index (κ2) is 5.72. The van der Waals surface area contributed by atoms with Gasteiger partial charge in [0.2, 0.25) is 0 Å². The van der Waals surface area contributed by atoms with Crippen LogP contribution in [0.4, 0.5) is 5.69 Å². The van der Waals surface area contributed by atoms with Gasteiger partial charge in [0.25, 0.3) is 0 Å². The number of carboxylic acid groups (broad SMARTS) is 1. The van der Waals surface area contributed by atoms with Gasteiger partial charge in [-0.3, -0.25) is 0 Å². The van der Waals surface area contributed by atoms with Crippen LogP contribution in [0.3, 0.4) is 0 Å². The van der Waals surface area contributed by atoms with Crippen molar-refractivity contribution in [3.63, 3.8) is 0 Å². The van der Waals surface area contributed by atoms with Crippen molar-refractivity contribution >= 4 is 23.3 Å². The minimum absolute atomic E-state index is 0.438. The maximum absolute atomic E-state index is 11.8. The Morgan fingerprint density at radius 3 is 2.90 bits per heavy atom. The molecule has 1 fully saturated rings. The average Bonchev–Trinajstić information content (AvgIpc) is 2.84. The molecule has 0 bridgehead atoms. The first-order valence-corrected chi connectivity index (χ1v) is 7.13. The van der Waals surface area contributed by atoms with Crippen LogP contribution in [0.2, 0.25) is 5.02 Å². The summed E-state index contributed by atoms with van der Waals surface area (Å²) < 4.78 is 0. The van der Waals surface area contributed by atoms with Gasteiger partial charge in [0.05, 0.1) is 22.3 Å². The lowest BCUT2D eigenvalue weighted by atomic mass is 9.90. The number of rotatable bonds is 4. The molecular formula is C15H17ClN2O2. The summed E-state index contributed by atoms with van der Waals surface area (Å²) in [5, 5.41) is 19.0. The van der Waals surface area contributed by atoms with Gasteiger partial charge in [-0.15, -0.1) is 0 Å². The molecule has 1 saturated heterocycles. The molecule has 1 atom stereocenters. The van der Waals surface area contributed by atoms with E-state index in [2.05, 4.69) is 0 Å². The summed E-state index contributed by atoms with van der Waals surface area (Å²) in [5.74, 6) is -0.794. The molecule has 0 radical (unpaired) electrons. The summed E-state index contributed by atoms with van der Waals surface area (Å²) in [6.07, 6.45) is 2.87. The van der Waals surface area contributed by atoms with Crippen molar-refractivity contribution in [2.45, 2.75) is 38.1 Å². The van der Waals surface area contributed by atoms with Crippen molar-refractivity contribution in [1.82, 2.24) is 0 Å². The van der Waals surface area contributed by atoms with Crippen LogP contribution < -0.4 is 4.90 Å². The predicted molar refractivity (Wildman–Crippen MR) is 78.0 cm³/mol. The quantitative estimate of drug-likeness (QED) is 0.923. The van der Waals surface area contributed by atoms with Gasteiger partial charge in [0.1, 0.15) is 5.54 Å². The zero-order chi connectivity index (χ0) is 14.8. The summed E-state index contributed by atoms with van der Waals surface area (Å²) in [5.41, 5.74) is 0.320. The summed E-state index contributed by atoms with van der Waals surface area (Å²) in [6.45, 7) is 2.67. The predicted octanol–water partition coefficient (Wildman–Crippen LogP) is 3.44. The molecule has 1 N–H and O–H groups in total. The van der Waals surface area contributed by atoms with Crippen molar-refractivity contribution in [2.75, 3.05) is 11.4 Å². The van der Waals surface area contributed by atoms with Crippen LogP contribution in [0.5, 0.6) is 0 Å². The Bertz CT molecular complexity index is 567. The molecule has 1 unspecified atom stereocenters. The molecule has 20 heavy (non-hydrogen) atoms. The average molecular weight is 293 g/mol. The molecule has 0 amide bonds. The van der Waals surface area contributed by atoms with E-state index in [4.69, 9.17) is 16.9 Å². The van der Waals surface area contributed by atoms with Crippen molar-refractivity contribution in [2.24, 2.45) is 0 Å². The molecule has 4 nitrogen and oxygen atoms in total. The second-order valence-corrected chi connectivity index (χ2v) is 5.53. The van der Waals surface area contributed by atoms with Gasteiger partial charge in [-0.25, -0.2) is 4.79 Å². The van der Waals surface area contributed by atoms with E-state index in [1.807, 2.05) is 17.9 Å². The number of halogens is 1. The van der Waals surface area contributed by atoms with Crippen LogP contribution in [0.15, 0.2) is 18.2 Å². The fraction of sp³-hybridized carbons (Fsp3) is 0.467. The van der Waals surface area contributed by atoms with E-state index < -0.39 is 11.5 Å². The van der Waals surface area contributed by atoms with Crippen LogP contribution in [0.25, 0.3) is 0 Å². The Morgan fingerprint density at radius 1 is 1.60 bits per heavy atom. The minimum atomic E-state index is -0.869. The van der Waals surface area contributed by atoms with Crippen molar-refractivity contribution in [3.05, 3.63) is 28.8 Å². The topological polar surface area (TPSA) is 64.3 Å². The first kappa shape index (κ1) is 14.7. The fourth-order valence-corrected chi connectivity index (χ4v) is 3.31. The van der Waals surface area contributed by atoms with Crippen LogP contribution in [0, 0.1) is 11.3 Å². The van der Waals surface area contributed by atoms with Crippen LogP contribution >= 0.6 is 11.6 Å². The molecule has 2 rings (SSSR count). The maximum Gasteiger partial charge on any atom is 0.329 e.